The Morgan fingerprint density at radius 3 is 2.48 bits per heavy atom. The molecule has 4 heterocycles. The molecular formula is C34H35N5O9. The highest BCUT2D eigenvalue weighted by molar-refractivity contribution is 6.13. The van der Waals surface area contributed by atoms with Crippen LogP contribution in [-0.4, -0.2) is 54.4 Å². The summed E-state index contributed by atoms with van der Waals surface area (Å²) in [6.07, 6.45) is 3.31. The number of furan rings is 1. The molecule has 0 amide bonds. The smallest absolute Gasteiger partial charge is 0.347 e. The van der Waals surface area contributed by atoms with Gasteiger partial charge in [-0.25, -0.2) is 28.5 Å². The zero-order valence-electron chi connectivity index (χ0n) is 27.2. The number of carbonyl (C=O) groups is 2. The fourth-order valence-electron chi connectivity index (χ4n) is 7.92. The zero-order chi connectivity index (χ0) is 34.2. The van der Waals surface area contributed by atoms with Gasteiger partial charge in [-0.05, 0) is 42.7 Å². The number of benzene rings is 1. The number of carbonyl (C=O) groups excluding carboxylic acids is 2. The number of methoxy groups -OCH3 is 2. The number of aliphatic hydroxyl groups is 1. The van der Waals surface area contributed by atoms with Crippen LogP contribution in [-0.2, 0) is 42.8 Å². The van der Waals surface area contributed by atoms with Gasteiger partial charge >= 0.3 is 11.4 Å². The number of aryl methyl sites for hydroxylation is 2. The molecule has 1 aromatic carbocycles. The van der Waals surface area contributed by atoms with E-state index in [2.05, 4.69) is 4.98 Å². The highest BCUT2D eigenvalue weighted by Gasteiger charge is 2.60. The van der Waals surface area contributed by atoms with Crippen molar-refractivity contribution in [2.45, 2.75) is 58.3 Å². The lowest BCUT2D eigenvalue weighted by Gasteiger charge is -2.51. The van der Waals surface area contributed by atoms with Crippen LogP contribution in [0.2, 0.25) is 0 Å². The summed E-state index contributed by atoms with van der Waals surface area (Å²) in [6.45, 7) is 2.96. The van der Waals surface area contributed by atoms with Crippen molar-refractivity contribution in [3.05, 3.63) is 96.1 Å². The molecule has 0 spiro atoms. The van der Waals surface area contributed by atoms with Crippen LogP contribution < -0.4 is 26.4 Å². The monoisotopic (exact) mass is 657 g/mol. The van der Waals surface area contributed by atoms with E-state index >= 15 is 0 Å². The van der Waals surface area contributed by atoms with Crippen LogP contribution in [0.1, 0.15) is 49.4 Å². The second kappa shape index (κ2) is 11.2. The fourth-order valence-corrected chi connectivity index (χ4v) is 7.92. The number of ether oxygens (including phenoxy) is 2. The van der Waals surface area contributed by atoms with Crippen molar-refractivity contribution in [3.8, 4) is 11.5 Å². The highest BCUT2D eigenvalue weighted by atomic mass is 16.5. The van der Waals surface area contributed by atoms with Gasteiger partial charge < -0.3 is 23.6 Å². The Morgan fingerprint density at radius 2 is 1.79 bits per heavy atom. The molecule has 48 heavy (non-hydrogen) atoms. The Bertz CT molecular complexity index is 2280. The predicted molar refractivity (Wildman–Crippen MR) is 171 cm³/mol. The third-order valence-corrected chi connectivity index (χ3v) is 10.3. The maximum Gasteiger partial charge on any atom is 0.347 e. The number of aliphatic hydroxyl groups excluding tert-OH is 1. The van der Waals surface area contributed by atoms with Crippen molar-refractivity contribution in [1.82, 2.24) is 23.5 Å². The Labute approximate surface area is 273 Å². The Hall–Kier alpha value is -5.24. The second-order valence-corrected chi connectivity index (χ2v) is 12.8. The quantitative estimate of drug-likeness (QED) is 0.289. The first kappa shape index (κ1) is 31.4. The summed E-state index contributed by atoms with van der Waals surface area (Å²) < 4.78 is 21.9. The van der Waals surface area contributed by atoms with E-state index < -0.39 is 34.7 Å². The molecule has 1 fully saturated rings. The lowest BCUT2D eigenvalue weighted by molar-refractivity contribution is -0.140. The maximum absolute atomic E-state index is 14.1. The van der Waals surface area contributed by atoms with Gasteiger partial charge in [0.05, 0.1) is 49.2 Å². The lowest BCUT2D eigenvalue weighted by Crippen LogP contribution is -2.54. The highest BCUT2D eigenvalue weighted by Crippen LogP contribution is 2.59. The van der Waals surface area contributed by atoms with Crippen LogP contribution >= 0.6 is 0 Å². The Kier molecular flexibility index (Phi) is 7.31. The van der Waals surface area contributed by atoms with E-state index in [0.717, 1.165) is 4.57 Å². The van der Waals surface area contributed by atoms with E-state index in [-0.39, 0.29) is 55.4 Å². The van der Waals surface area contributed by atoms with Gasteiger partial charge in [0.1, 0.15) is 23.8 Å². The maximum atomic E-state index is 14.1. The molecular weight excluding hydrogens is 622 g/mol. The third-order valence-electron chi connectivity index (χ3n) is 10.3. The van der Waals surface area contributed by atoms with Crippen LogP contribution in [0.3, 0.4) is 0 Å². The van der Waals surface area contributed by atoms with Crippen LogP contribution in [0, 0.1) is 11.3 Å². The van der Waals surface area contributed by atoms with E-state index in [0.29, 0.717) is 45.2 Å². The van der Waals surface area contributed by atoms with Crippen molar-refractivity contribution >= 4 is 22.6 Å². The Morgan fingerprint density at radius 1 is 1.06 bits per heavy atom. The number of nitrogens with zero attached hydrogens (tertiary/aromatic N) is 5. The summed E-state index contributed by atoms with van der Waals surface area (Å²) in [5, 5.41) is 9.72. The first-order valence-corrected chi connectivity index (χ1v) is 15.6. The van der Waals surface area contributed by atoms with Gasteiger partial charge in [0.2, 0.25) is 0 Å². The van der Waals surface area contributed by atoms with Crippen molar-refractivity contribution in [1.29, 1.82) is 0 Å². The van der Waals surface area contributed by atoms with E-state index in [1.807, 2.05) is 6.08 Å². The molecule has 0 saturated heterocycles. The van der Waals surface area contributed by atoms with Crippen molar-refractivity contribution in [2.75, 3.05) is 14.2 Å². The molecule has 3 aromatic heterocycles. The van der Waals surface area contributed by atoms with Gasteiger partial charge in [-0.1, -0.05) is 13.0 Å². The number of Topliss-reactive ketones (excluding diaryl/α,β-unsaturated/α-hetero) is 1. The molecule has 250 valence electrons. The average molecular weight is 658 g/mol. The van der Waals surface area contributed by atoms with Gasteiger partial charge in [-0.2, -0.15) is 0 Å². The van der Waals surface area contributed by atoms with Crippen molar-refractivity contribution in [3.63, 3.8) is 0 Å². The standard InChI is InChI=1S/C34H35N5O9/c1-17-12-25(41)20-13-23-19(29(34(20,2)30(17)42)26-7-6-18(16-40)48-26)8-11-38-32(44)37(33(45)39(23)38)10-9-21-31(43)36(3)24-15-28(47-5)27(46-4)14-22(24)35-21/h6-8,12,14-15,20,23,29,40H,9-11,13,16H2,1-5H3/t20-,23+,29+,34+/m0/s1. The molecule has 7 rings (SSSR count). The van der Waals surface area contributed by atoms with Crippen LogP contribution in [0.5, 0.6) is 11.5 Å². The summed E-state index contributed by atoms with van der Waals surface area (Å²) >= 11 is 0. The van der Waals surface area contributed by atoms with Crippen LogP contribution in [0.4, 0.5) is 0 Å². The second-order valence-electron chi connectivity index (χ2n) is 12.8. The molecule has 4 aromatic rings. The number of allylic oxidation sites excluding steroid dienone is 4. The molecule has 14 heteroatoms. The van der Waals surface area contributed by atoms with Crippen LogP contribution in [0.15, 0.2) is 66.4 Å². The molecule has 0 radical (unpaired) electrons. The summed E-state index contributed by atoms with van der Waals surface area (Å²) in [6, 6.07) is 5.91. The molecule has 2 aliphatic carbocycles. The minimum atomic E-state index is -1.20. The fraction of sp³-hybridized carbons (Fsp3) is 0.412. The summed E-state index contributed by atoms with van der Waals surface area (Å²) in [4.78, 5) is 73.0. The normalized spacial score (nSPS) is 23.3. The van der Waals surface area contributed by atoms with Crippen LogP contribution in [0.25, 0.3) is 11.0 Å². The number of aromatic nitrogens is 5. The third kappa shape index (κ3) is 4.35. The summed E-state index contributed by atoms with van der Waals surface area (Å²) in [5.74, 6) is -0.349. The van der Waals surface area contributed by atoms with Gasteiger partial charge in [0, 0.05) is 38.1 Å². The molecule has 1 saturated carbocycles. The first-order valence-electron chi connectivity index (χ1n) is 15.6. The largest absolute Gasteiger partial charge is 0.493 e. The Balaban J connectivity index is 1.29. The van der Waals surface area contributed by atoms with Crippen molar-refractivity contribution < 1.29 is 28.6 Å². The van der Waals surface area contributed by atoms with E-state index in [1.54, 1.807) is 45.2 Å². The minimum absolute atomic E-state index is 0.00220. The number of hydrogen-bond donors (Lipinski definition) is 1. The number of hydrogen-bond acceptors (Lipinski definition) is 10. The first-order chi connectivity index (χ1) is 22.9. The summed E-state index contributed by atoms with van der Waals surface area (Å²) in [5.41, 5.74) is -0.536. The molecule has 4 atom stereocenters. The van der Waals surface area contributed by atoms with Crippen molar-refractivity contribution in [2.24, 2.45) is 18.4 Å². The molecule has 3 aliphatic rings. The predicted octanol–water partition coefficient (Wildman–Crippen LogP) is 1.79. The van der Waals surface area contributed by atoms with Gasteiger partial charge in [-0.15, -0.1) is 0 Å². The number of fused-ring (bicyclic) bond motifs is 5. The molecule has 1 N–H and O–H groups in total. The van der Waals surface area contributed by atoms with E-state index in [1.165, 1.54) is 34.2 Å². The molecule has 14 nitrogen and oxygen atoms in total. The van der Waals surface area contributed by atoms with Gasteiger partial charge in [0.15, 0.2) is 23.1 Å². The topological polar surface area (TPSA) is 170 Å². The molecule has 0 bridgehead atoms. The number of ketones is 2. The average Bonchev–Trinajstić information content (AvgIpc) is 3.65. The van der Waals surface area contributed by atoms with E-state index in [4.69, 9.17) is 13.9 Å². The van der Waals surface area contributed by atoms with Gasteiger partial charge in [-0.3, -0.25) is 14.4 Å². The number of rotatable bonds is 7. The molecule has 1 aliphatic heterocycles. The van der Waals surface area contributed by atoms with E-state index in [9.17, 15) is 29.1 Å². The molecule has 0 unspecified atom stereocenters. The minimum Gasteiger partial charge on any atom is -0.493 e. The van der Waals surface area contributed by atoms with Gasteiger partial charge in [0.25, 0.3) is 5.56 Å². The lowest BCUT2D eigenvalue weighted by atomic mass is 9.51. The zero-order valence-corrected chi connectivity index (χ0v) is 27.2. The SMILES string of the molecule is COc1cc2nc(CCn3c(=O)n4n(c3=O)[C@@H]3C[C@H]5C(=O)C=C(C)C(=O)[C@@]5(C)[C@@H](c5ccc(CO)o5)C3=CC4)c(=O)n(C)c2cc1OC. The summed E-state index contributed by atoms with van der Waals surface area (Å²) in [7, 11) is 4.60.